The van der Waals surface area contributed by atoms with Crippen molar-refractivity contribution < 1.29 is 18.6 Å². The monoisotopic (exact) mass is 421 g/mol. The molecule has 0 unspecified atom stereocenters. The zero-order valence-corrected chi connectivity index (χ0v) is 16.9. The second-order valence-electron chi connectivity index (χ2n) is 6.24. The maximum Gasteiger partial charge on any atom is 0.246 e. The van der Waals surface area contributed by atoms with Crippen LogP contribution in [0.2, 0.25) is 5.02 Å². The highest BCUT2D eigenvalue weighted by Crippen LogP contribution is 2.39. The first-order valence-electron chi connectivity index (χ1n) is 8.59. The smallest absolute Gasteiger partial charge is 0.246 e. The molecular weight excluding hydrogens is 402 g/mol. The average Bonchev–Trinajstić information content (AvgIpc) is 3.11. The van der Waals surface area contributed by atoms with Crippen LogP contribution >= 0.6 is 11.6 Å². The van der Waals surface area contributed by atoms with E-state index in [2.05, 4.69) is 5.10 Å². The van der Waals surface area contributed by atoms with Crippen LogP contribution in [0.4, 0.5) is 0 Å². The fourth-order valence-corrected chi connectivity index (χ4v) is 4.46. The van der Waals surface area contributed by atoms with Crippen molar-refractivity contribution in [2.45, 2.75) is 18.2 Å². The summed E-state index contributed by atoms with van der Waals surface area (Å²) in [6.45, 7) is 2.16. The third-order valence-electron chi connectivity index (χ3n) is 4.30. The van der Waals surface area contributed by atoms with Crippen LogP contribution in [0.15, 0.2) is 53.6 Å². The van der Waals surface area contributed by atoms with E-state index in [9.17, 15) is 18.6 Å². The Morgan fingerprint density at radius 1 is 1.14 bits per heavy atom. The van der Waals surface area contributed by atoms with Crippen LogP contribution in [0.5, 0.6) is 11.5 Å². The third kappa shape index (κ3) is 3.58. The number of para-hydroxylation sites is 1. The van der Waals surface area contributed by atoms with Gasteiger partial charge in [-0.2, -0.15) is 5.10 Å². The largest absolute Gasteiger partial charge is 0.507 e. The quantitative estimate of drug-likeness (QED) is 0.633. The SMILES string of the molecule is CCCN(C)S(=O)(=O)c1cc(-c2ccnn2-c2ccccc2Cl)c(O)cc1O. The zero-order valence-electron chi connectivity index (χ0n) is 15.4. The Morgan fingerprint density at radius 3 is 2.54 bits per heavy atom. The van der Waals surface area contributed by atoms with Crippen LogP contribution in [0.3, 0.4) is 0 Å². The fraction of sp³-hybridized carbons (Fsp3) is 0.211. The molecular formula is C19H20ClN3O4S. The van der Waals surface area contributed by atoms with Crippen molar-refractivity contribution in [2.75, 3.05) is 13.6 Å². The van der Waals surface area contributed by atoms with Gasteiger partial charge in [-0.1, -0.05) is 30.7 Å². The lowest BCUT2D eigenvalue weighted by molar-refractivity contribution is 0.430. The Labute approximate surface area is 168 Å². The van der Waals surface area contributed by atoms with Crippen LogP contribution in [0, 0.1) is 0 Å². The molecule has 0 bridgehead atoms. The minimum Gasteiger partial charge on any atom is -0.507 e. The number of benzene rings is 2. The molecule has 148 valence electrons. The van der Waals surface area contributed by atoms with Gasteiger partial charge in [-0.25, -0.2) is 17.4 Å². The highest BCUT2D eigenvalue weighted by atomic mass is 35.5. The molecule has 0 radical (unpaired) electrons. The van der Waals surface area contributed by atoms with Crippen LogP contribution in [-0.4, -0.2) is 46.3 Å². The van der Waals surface area contributed by atoms with Crippen molar-refractivity contribution in [3.63, 3.8) is 0 Å². The molecule has 0 aliphatic heterocycles. The molecule has 3 rings (SSSR count). The van der Waals surface area contributed by atoms with E-state index < -0.39 is 15.8 Å². The number of hydrogen-bond donors (Lipinski definition) is 2. The summed E-state index contributed by atoms with van der Waals surface area (Å²) in [6, 6.07) is 10.9. The maximum absolute atomic E-state index is 12.8. The molecule has 9 heteroatoms. The van der Waals surface area contributed by atoms with E-state index in [0.29, 0.717) is 29.4 Å². The summed E-state index contributed by atoms with van der Waals surface area (Å²) in [6.07, 6.45) is 2.14. The predicted molar refractivity (Wildman–Crippen MR) is 107 cm³/mol. The molecule has 1 aromatic heterocycles. The number of hydrogen-bond acceptors (Lipinski definition) is 5. The van der Waals surface area contributed by atoms with Gasteiger partial charge in [-0.05, 0) is 30.7 Å². The minimum atomic E-state index is -3.93. The molecule has 0 saturated carbocycles. The van der Waals surface area contributed by atoms with E-state index in [1.54, 1.807) is 30.3 Å². The number of rotatable bonds is 6. The van der Waals surface area contributed by atoms with Gasteiger partial charge in [0.25, 0.3) is 0 Å². The average molecular weight is 422 g/mol. The molecule has 2 aromatic carbocycles. The number of phenols is 2. The molecule has 0 fully saturated rings. The molecule has 3 aromatic rings. The highest BCUT2D eigenvalue weighted by molar-refractivity contribution is 7.89. The molecule has 0 aliphatic carbocycles. The van der Waals surface area contributed by atoms with Gasteiger partial charge in [0.15, 0.2) is 0 Å². The highest BCUT2D eigenvalue weighted by Gasteiger charge is 2.26. The van der Waals surface area contributed by atoms with Gasteiger partial charge in [0.2, 0.25) is 10.0 Å². The number of sulfonamides is 1. The van der Waals surface area contributed by atoms with Gasteiger partial charge in [0.1, 0.15) is 16.4 Å². The van der Waals surface area contributed by atoms with E-state index in [1.165, 1.54) is 24.0 Å². The lowest BCUT2D eigenvalue weighted by Gasteiger charge is -2.18. The van der Waals surface area contributed by atoms with Crippen LogP contribution in [0.1, 0.15) is 13.3 Å². The summed E-state index contributed by atoms with van der Waals surface area (Å²) < 4.78 is 28.3. The summed E-state index contributed by atoms with van der Waals surface area (Å²) in [4.78, 5) is -0.289. The summed E-state index contributed by atoms with van der Waals surface area (Å²) in [5, 5.41) is 25.3. The standard InChI is InChI=1S/C19H20ClN3O4S/c1-3-10-22(2)28(26,27)19-11-13(17(24)12-18(19)25)15-8-9-21-23(15)16-7-5-4-6-14(16)20/h4-9,11-12,24-25H,3,10H2,1-2H3. The topological polar surface area (TPSA) is 95.7 Å². The van der Waals surface area contributed by atoms with Gasteiger partial charge < -0.3 is 10.2 Å². The van der Waals surface area contributed by atoms with Gasteiger partial charge in [-0.3, -0.25) is 0 Å². The van der Waals surface area contributed by atoms with E-state index >= 15 is 0 Å². The molecule has 7 nitrogen and oxygen atoms in total. The zero-order chi connectivity index (χ0) is 20.5. The molecule has 0 aliphatic rings. The summed E-state index contributed by atoms with van der Waals surface area (Å²) in [5.41, 5.74) is 1.21. The van der Waals surface area contributed by atoms with Crippen molar-refractivity contribution in [2.24, 2.45) is 0 Å². The van der Waals surface area contributed by atoms with E-state index in [0.717, 1.165) is 10.4 Å². The molecule has 2 N–H and O–H groups in total. The van der Waals surface area contributed by atoms with E-state index in [4.69, 9.17) is 11.6 Å². The first kappa shape index (κ1) is 20.2. The predicted octanol–water partition coefficient (Wildman–Crippen LogP) is 3.63. The van der Waals surface area contributed by atoms with Gasteiger partial charge in [0, 0.05) is 25.2 Å². The minimum absolute atomic E-state index is 0.207. The Bertz CT molecular complexity index is 1110. The molecule has 0 spiro atoms. The number of aromatic nitrogens is 2. The Morgan fingerprint density at radius 2 is 1.86 bits per heavy atom. The summed E-state index contributed by atoms with van der Waals surface area (Å²) in [7, 11) is -2.49. The van der Waals surface area contributed by atoms with Crippen LogP contribution in [-0.2, 0) is 10.0 Å². The second-order valence-corrected chi connectivity index (χ2v) is 8.66. The maximum atomic E-state index is 12.8. The molecule has 0 amide bonds. The number of phenolic OH excluding ortho intramolecular Hbond substituents is 2. The summed E-state index contributed by atoms with van der Waals surface area (Å²) in [5.74, 6) is -0.795. The van der Waals surface area contributed by atoms with Crippen molar-refractivity contribution in [3.05, 3.63) is 53.7 Å². The van der Waals surface area contributed by atoms with Crippen molar-refractivity contribution in [1.29, 1.82) is 0 Å². The van der Waals surface area contributed by atoms with Gasteiger partial charge in [0.05, 0.1) is 22.6 Å². The van der Waals surface area contributed by atoms with Crippen molar-refractivity contribution in [3.8, 4) is 28.4 Å². The Balaban J connectivity index is 2.19. The van der Waals surface area contributed by atoms with Gasteiger partial charge >= 0.3 is 0 Å². The second kappa shape index (κ2) is 7.83. The normalized spacial score (nSPS) is 11.9. The Hall–Kier alpha value is -2.55. The van der Waals surface area contributed by atoms with Crippen molar-refractivity contribution in [1.82, 2.24) is 14.1 Å². The van der Waals surface area contributed by atoms with Gasteiger partial charge in [-0.15, -0.1) is 0 Å². The Kier molecular flexibility index (Phi) is 5.64. The first-order valence-corrected chi connectivity index (χ1v) is 10.4. The lowest BCUT2D eigenvalue weighted by Crippen LogP contribution is -2.27. The van der Waals surface area contributed by atoms with Crippen LogP contribution in [0.25, 0.3) is 16.9 Å². The van der Waals surface area contributed by atoms with E-state index in [-0.39, 0.29) is 16.2 Å². The van der Waals surface area contributed by atoms with Crippen LogP contribution < -0.4 is 0 Å². The molecule has 0 saturated heterocycles. The molecule has 0 atom stereocenters. The molecule has 28 heavy (non-hydrogen) atoms. The first-order chi connectivity index (χ1) is 13.3. The number of halogens is 1. The van der Waals surface area contributed by atoms with E-state index in [1.807, 2.05) is 6.92 Å². The van der Waals surface area contributed by atoms with Crippen molar-refractivity contribution >= 4 is 21.6 Å². The number of aromatic hydroxyl groups is 2. The fourth-order valence-electron chi connectivity index (χ4n) is 2.89. The number of nitrogens with zero attached hydrogens (tertiary/aromatic N) is 3. The third-order valence-corrected chi connectivity index (χ3v) is 6.51. The molecule has 1 heterocycles. The summed E-state index contributed by atoms with van der Waals surface area (Å²) >= 11 is 6.25. The lowest BCUT2D eigenvalue weighted by atomic mass is 10.1.